The van der Waals surface area contributed by atoms with Gasteiger partial charge in [0.1, 0.15) is 0 Å². The SMILES string of the molecule is CCCCCCCCCCCNC(=O)CC(c1ccccc1)c1ccccc1. The first-order valence-electron chi connectivity index (χ1n) is 11.2. The summed E-state index contributed by atoms with van der Waals surface area (Å²) in [4.78, 5) is 12.5. The van der Waals surface area contributed by atoms with Crippen LogP contribution in [0.1, 0.15) is 88.2 Å². The minimum absolute atomic E-state index is 0.116. The topological polar surface area (TPSA) is 29.1 Å². The zero-order valence-corrected chi connectivity index (χ0v) is 17.5. The van der Waals surface area contributed by atoms with Crippen molar-refractivity contribution in [3.05, 3.63) is 71.8 Å². The molecule has 152 valence electrons. The Labute approximate surface area is 171 Å². The fraction of sp³-hybridized carbons (Fsp3) is 0.500. The van der Waals surface area contributed by atoms with Gasteiger partial charge in [-0.05, 0) is 17.5 Å². The quantitative estimate of drug-likeness (QED) is 0.357. The second-order valence-corrected chi connectivity index (χ2v) is 7.76. The molecule has 2 aromatic rings. The lowest BCUT2D eigenvalue weighted by Gasteiger charge is -2.18. The van der Waals surface area contributed by atoms with Crippen LogP contribution in [-0.2, 0) is 4.79 Å². The van der Waals surface area contributed by atoms with Crippen molar-refractivity contribution >= 4 is 5.91 Å². The van der Waals surface area contributed by atoms with Crippen LogP contribution in [0.2, 0.25) is 0 Å². The van der Waals surface area contributed by atoms with Crippen LogP contribution in [-0.4, -0.2) is 12.5 Å². The maximum atomic E-state index is 12.5. The number of nitrogens with one attached hydrogen (secondary N) is 1. The van der Waals surface area contributed by atoms with Gasteiger partial charge in [0.2, 0.25) is 5.91 Å². The molecule has 0 aromatic heterocycles. The zero-order valence-electron chi connectivity index (χ0n) is 17.5. The van der Waals surface area contributed by atoms with E-state index in [1.165, 1.54) is 62.5 Å². The van der Waals surface area contributed by atoms with Crippen molar-refractivity contribution in [3.63, 3.8) is 0 Å². The second-order valence-electron chi connectivity index (χ2n) is 7.76. The first kappa shape index (κ1) is 22.2. The first-order chi connectivity index (χ1) is 13.8. The van der Waals surface area contributed by atoms with Crippen molar-refractivity contribution in [2.75, 3.05) is 6.54 Å². The average molecular weight is 380 g/mol. The van der Waals surface area contributed by atoms with Crippen molar-refractivity contribution in [2.24, 2.45) is 0 Å². The number of hydrogen-bond acceptors (Lipinski definition) is 1. The molecule has 0 radical (unpaired) electrons. The fourth-order valence-corrected chi connectivity index (χ4v) is 3.72. The van der Waals surface area contributed by atoms with Gasteiger partial charge in [0, 0.05) is 18.9 Å². The second kappa shape index (κ2) is 14.0. The van der Waals surface area contributed by atoms with Crippen LogP contribution in [0.4, 0.5) is 0 Å². The standard InChI is InChI=1S/C26H37NO/c1-2-3-4-5-6-7-8-9-16-21-27-26(28)22-25(23-17-12-10-13-18-23)24-19-14-11-15-20-24/h10-15,17-20,25H,2-9,16,21-22H2,1H3,(H,27,28). The van der Waals surface area contributed by atoms with Gasteiger partial charge in [0.05, 0.1) is 0 Å². The third-order valence-corrected chi connectivity index (χ3v) is 5.40. The summed E-state index contributed by atoms with van der Waals surface area (Å²) in [5.74, 6) is 0.266. The minimum Gasteiger partial charge on any atom is -0.356 e. The average Bonchev–Trinajstić information content (AvgIpc) is 2.74. The molecule has 0 aliphatic rings. The Morgan fingerprint density at radius 2 is 1.18 bits per heavy atom. The normalized spacial score (nSPS) is 10.9. The summed E-state index contributed by atoms with van der Waals surface area (Å²) in [6, 6.07) is 20.7. The lowest BCUT2D eigenvalue weighted by atomic mass is 9.88. The van der Waals surface area contributed by atoms with E-state index in [-0.39, 0.29) is 11.8 Å². The van der Waals surface area contributed by atoms with E-state index in [9.17, 15) is 4.79 Å². The molecule has 0 bridgehead atoms. The van der Waals surface area contributed by atoms with Gasteiger partial charge >= 0.3 is 0 Å². The van der Waals surface area contributed by atoms with Crippen molar-refractivity contribution < 1.29 is 4.79 Å². The summed E-state index contributed by atoms with van der Waals surface area (Å²) in [6.07, 6.45) is 12.3. The molecular formula is C26H37NO. The van der Waals surface area contributed by atoms with E-state index in [1.807, 2.05) is 36.4 Å². The minimum atomic E-state index is 0.116. The van der Waals surface area contributed by atoms with Crippen molar-refractivity contribution in [1.29, 1.82) is 0 Å². The predicted molar refractivity (Wildman–Crippen MR) is 120 cm³/mol. The Morgan fingerprint density at radius 1 is 0.714 bits per heavy atom. The Morgan fingerprint density at radius 3 is 1.68 bits per heavy atom. The third-order valence-electron chi connectivity index (χ3n) is 5.40. The lowest BCUT2D eigenvalue weighted by Crippen LogP contribution is -2.26. The molecular weight excluding hydrogens is 342 g/mol. The van der Waals surface area contributed by atoms with Crippen molar-refractivity contribution in [1.82, 2.24) is 5.32 Å². The molecule has 0 saturated carbocycles. The number of carbonyl (C=O) groups excluding carboxylic acids is 1. The van der Waals surface area contributed by atoms with Crippen LogP contribution < -0.4 is 5.32 Å². The van der Waals surface area contributed by atoms with E-state index in [2.05, 4.69) is 36.5 Å². The van der Waals surface area contributed by atoms with Gasteiger partial charge in [-0.25, -0.2) is 0 Å². The highest BCUT2D eigenvalue weighted by Gasteiger charge is 2.17. The maximum absolute atomic E-state index is 12.5. The van der Waals surface area contributed by atoms with Crippen molar-refractivity contribution in [2.45, 2.75) is 77.0 Å². The molecule has 1 N–H and O–H groups in total. The van der Waals surface area contributed by atoms with Gasteiger partial charge in [0.15, 0.2) is 0 Å². The molecule has 0 aliphatic heterocycles. The Hall–Kier alpha value is -2.09. The smallest absolute Gasteiger partial charge is 0.220 e. The molecule has 0 aliphatic carbocycles. The fourth-order valence-electron chi connectivity index (χ4n) is 3.72. The highest BCUT2D eigenvalue weighted by molar-refractivity contribution is 5.77. The lowest BCUT2D eigenvalue weighted by molar-refractivity contribution is -0.121. The number of amides is 1. The molecule has 2 rings (SSSR count). The highest BCUT2D eigenvalue weighted by atomic mass is 16.1. The van der Waals surface area contributed by atoms with Gasteiger partial charge in [-0.15, -0.1) is 0 Å². The molecule has 0 fully saturated rings. The molecule has 28 heavy (non-hydrogen) atoms. The molecule has 2 heteroatoms. The van der Waals surface area contributed by atoms with Crippen LogP contribution in [0.3, 0.4) is 0 Å². The third kappa shape index (κ3) is 8.73. The van der Waals surface area contributed by atoms with Gasteiger partial charge < -0.3 is 5.32 Å². The van der Waals surface area contributed by atoms with Crippen molar-refractivity contribution in [3.8, 4) is 0 Å². The van der Waals surface area contributed by atoms with E-state index in [0.717, 1.165) is 13.0 Å². The van der Waals surface area contributed by atoms with Gasteiger partial charge in [0.25, 0.3) is 0 Å². The molecule has 0 unspecified atom stereocenters. The van der Waals surface area contributed by atoms with Gasteiger partial charge in [-0.2, -0.15) is 0 Å². The van der Waals surface area contributed by atoms with E-state index >= 15 is 0 Å². The number of carbonyl (C=O) groups is 1. The molecule has 0 spiro atoms. The summed E-state index contributed by atoms with van der Waals surface area (Å²) in [6.45, 7) is 3.06. The molecule has 0 heterocycles. The van der Waals surface area contributed by atoms with E-state index in [4.69, 9.17) is 0 Å². The van der Waals surface area contributed by atoms with Crippen LogP contribution in [0.25, 0.3) is 0 Å². The van der Waals surface area contributed by atoms with E-state index < -0.39 is 0 Å². The van der Waals surface area contributed by atoms with Crippen LogP contribution in [0.15, 0.2) is 60.7 Å². The highest BCUT2D eigenvalue weighted by Crippen LogP contribution is 2.27. The Kier molecular flexibility index (Phi) is 11.1. The summed E-state index contributed by atoms with van der Waals surface area (Å²) in [7, 11) is 0. The Balaban J connectivity index is 1.68. The summed E-state index contributed by atoms with van der Waals surface area (Å²) in [5.41, 5.74) is 2.40. The molecule has 0 atom stereocenters. The number of unbranched alkanes of at least 4 members (excludes halogenated alkanes) is 8. The van der Waals surface area contributed by atoms with Crippen LogP contribution in [0, 0.1) is 0 Å². The van der Waals surface area contributed by atoms with Gasteiger partial charge in [-0.1, -0.05) is 119 Å². The van der Waals surface area contributed by atoms with Crippen LogP contribution >= 0.6 is 0 Å². The molecule has 1 amide bonds. The molecule has 2 nitrogen and oxygen atoms in total. The van der Waals surface area contributed by atoms with E-state index in [0.29, 0.717) is 6.42 Å². The Bertz CT molecular complexity index is 598. The van der Waals surface area contributed by atoms with E-state index in [1.54, 1.807) is 0 Å². The largest absolute Gasteiger partial charge is 0.356 e. The monoisotopic (exact) mass is 379 g/mol. The number of hydrogen-bond donors (Lipinski definition) is 1. The van der Waals surface area contributed by atoms with Crippen LogP contribution in [0.5, 0.6) is 0 Å². The zero-order chi connectivity index (χ0) is 19.9. The maximum Gasteiger partial charge on any atom is 0.220 e. The number of benzene rings is 2. The summed E-state index contributed by atoms with van der Waals surface area (Å²) in [5, 5.41) is 3.13. The first-order valence-corrected chi connectivity index (χ1v) is 11.2. The summed E-state index contributed by atoms with van der Waals surface area (Å²) < 4.78 is 0. The summed E-state index contributed by atoms with van der Waals surface area (Å²) >= 11 is 0. The van der Waals surface area contributed by atoms with Gasteiger partial charge in [-0.3, -0.25) is 4.79 Å². The molecule has 2 aromatic carbocycles. The molecule has 0 saturated heterocycles. The predicted octanol–water partition coefficient (Wildman–Crippen LogP) is 6.86. The number of rotatable bonds is 14.